The lowest BCUT2D eigenvalue weighted by Crippen LogP contribution is -2.49. The van der Waals surface area contributed by atoms with Crippen molar-refractivity contribution < 1.29 is 31.5 Å². The maximum absolute atomic E-state index is 13.7. The third kappa shape index (κ3) is 8.59. The second kappa shape index (κ2) is 16.5. The molecule has 296 valence electrons. The van der Waals surface area contributed by atoms with E-state index in [9.17, 15) is 32.0 Å². The molecule has 3 aliphatic rings. The number of aryl methyl sites for hydroxylation is 1. The van der Waals surface area contributed by atoms with E-state index in [2.05, 4.69) is 60.5 Å². The molecule has 0 bridgehead atoms. The Kier molecular flexibility index (Phi) is 11.5. The lowest BCUT2D eigenvalue weighted by Gasteiger charge is -2.34. The SMILES string of the molecule is C[C@@H](Cc1cc(S(=O)(=O)N2CCC(Nc3ncc(OC(F)F)cn3)CC2)ccc1C#N)CN1CCC(c2ccc3c(N4CCC(=O)NC4=O)nn(C)c3c2)CC1. The van der Waals surface area contributed by atoms with Gasteiger partial charge in [0.2, 0.25) is 21.9 Å². The zero-order valence-corrected chi connectivity index (χ0v) is 32.0. The summed E-state index contributed by atoms with van der Waals surface area (Å²) < 4.78 is 59.8. The van der Waals surface area contributed by atoms with Gasteiger partial charge in [0.15, 0.2) is 11.6 Å². The number of anilines is 2. The number of benzene rings is 2. The Bertz CT molecular complexity index is 2230. The number of urea groups is 1. The number of carbonyl (C=O) groups is 2. The number of hydrogen-bond donors (Lipinski definition) is 2. The highest BCUT2D eigenvalue weighted by atomic mass is 32.2. The number of hydrogen-bond acceptors (Lipinski definition) is 11. The molecule has 0 spiro atoms. The maximum Gasteiger partial charge on any atom is 0.387 e. The number of fused-ring (bicyclic) bond motifs is 1. The van der Waals surface area contributed by atoms with Gasteiger partial charge in [0.05, 0.1) is 34.4 Å². The predicted octanol–water partition coefficient (Wildman–Crippen LogP) is 4.61. The Morgan fingerprint density at radius 2 is 1.75 bits per heavy atom. The number of halogens is 2. The summed E-state index contributed by atoms with van der Waals surface area (Å²) in [4.78, 5) is 36.3. The van der Waals surface area contributed by atoms with Gasteiger partial charge in [-0.15, -0.1) is 0 Å². The van der Waals surface area contributed by atoms with E-state index in [0.717, 1.165) is 55.8 Å². The largest absolute Gasteiger partial charge is 0.432 e. The van der Waals surface area contributed by atoms with Crippen molar-refractivity contribution in [1.82, 2.24) is 34.3 Å². The molecule has 0 aliphatic carbocycles. The molecule has 3 fully saturated rings. The van der Waals surface area contributed by atoms with E-state index in [1.807, 2.05) is 13.1 Å². The van der Waals surface area contributed by atoms with Crippen molar-refractivity contribution in [2.45, 2.75) is 68.9 Å². The fraction of sp³-hybridized carbons (Fsp3) is 0.474. The van der Waals surface area contributed by atoms with Crippen LogP contribution in [0.1, 0.15) is 61.6 Å². The minimum Gasteiger partial charge on any atom is -0.432 e. The number of nitrogens with one attached hydrogen (secondary N) is 2. The van der Waals surface area contributed by atoms with Gasteiger partial charge < -0.3 is 15.0 Å². The smallest absolute Gasteiger partial charge is 0.387 e. The fourth-order valence-electron chi connectivity index (χ4n) is 7.94. The van der Waals surface area contributed by atoms with Gasteiger partial charge in [0.1, 0.15) is 0 Å². The molecular formula is C38H44F2N10O5S. The van der Waals surface area contributed by atoms with Crippen molar-refractivity contribution in [3.05, 3.63) is 65.5 Å². The lowest BCUT2D eigenvalue weighted by atomic mass is 9.88. The number of ether oxygens (including phenoxy) is 1. The Labute approximate surface area is 323 Å². The van der Waals surface area contributed by atoms with Crippen molar-refractivity contribution in [2.75, 3.05) is 49.5 Å². The van der Waals surface area contributed by atoms with Crippen LogP contribution in [0, 0.1) is 17.2 Å². The van der Waals surface area contributed by atoms with Crippen LogP contribution in [0.2, 0.25) is 0 Å². The third-order valence-electron chi connectivity index (χ3n) is 10.8. The first kappa shape index (κ1) is 39.0. The third-order valence-corrected chi connectivity index (χ3v) is 12.7. The summed E-state index contributed by atoms with van der Waals surface area (Å²) in [6.45, 7) is 2.60. The van der Waals surface area contributed by atoms with Gasteiger partial charge in [-0.3, -0.25) is 19.7 Å². The maximum atomic E-state index is 13.7. The molecule has 15 nitrogen and oxygen atoms in total. The summed E-state index contributed by atoms with van der Waals surface area (Å²) in [5.41, 5.74) is 3.32. The number of aromatic nitrogens is 4. The zero-order chi connectivity index (χ0) is 39.6. The van der Waals surface area contributed by atoms with Crippen LogP contribution in [0.15, 0.2) is 53.7 Å². The van der Waals surface area contributed by atoms with Crippen LogP contribution in [0.5, 0.6) is 5.75 Å². The first-order valence-corrected chi connectivity index (χ1v) is 20.2. The molecule has 1 atom stereocenters. The van der Waals surface area contributed by atoms with Crippen molar-refractivity contribution in [1.29, 1.82) is 5.26 Å². The summed E-state index contributed by atoms with van der Waals surface area (Å²) in [5.74, 6) is 0.889. The Morgan fingerprint density at radius 3 is 2.43 bits per heavy atom. The summed E-state index contributed by atoms with van der Waals surface area (Å²) in [6.07, 6.45) is 6.03. The number of nitrogens with zero attached hydrogens (tertiary/aromatic N) is 8. The average Bonchev–Trinajstić information content (AvgIpc) is 3.50. The van der Waals surface area contributed by atoms with E-state index in [1.165, 1.54) is 20.8 Å². The summed E-state index contributed by atoms with van der Waals surface area (Å²) in [6, 6.07) is 12.7. The molecule has 3 saturated heterocycles. The van der Waals surface area contributed by atoms with Crippen LogP contribution in [0.3, 0.4) is 0 Å². The van der Waals surface area contributed by atoms with E-state index in [-0.39, 0.29) is 54.0 Å². The topological polar surface area (TPSA) is 179 Å². The van der Waals surface area contributed by atoms with E-state index in [4.69, 9.17) is 0 Å². The molecular weight excluding hydrogens is 747 g/mol. The first-order valence-electron chi connectivity index (χ1n) is 18.7. The second-order valence-corrected chi connectivity index (χ2v) is 16.7. The molecule has 3 aliphatic heterocycles. The van der Waals surface area contributed by atoms with Crippen LogP contribution in [-0.2, 0) is 28.3 Å². The van der Waals surface area contributed by atoms with Crippen LogP contribution >= 0.6 is 0 Å². The van der Waals surface area contributed by atoms with Gasteiger partial charge in [0.25, 0.3) is 0 Å². The minimum absolute atomic E-state index is 0.103. The van der Waals surface area contributed by atoms with Gasteiger partial charge in [0, 0.05) is 51.1 Å². The molecule has 18 heteroatoms. The molecule has 7 rings (SSSR count). The highest BCUT2D eigenvalue weighted by Gasteiger charge is 2.32. The predicted molar refractivity (Wildman–Crippen MR) is 203 cm³/mol. The molecule has 0 radical (unpaired) electrons. The fourth-order valence-corrected chi connectivity index (χ4v) is 9.46. The van der Waals surface area contributed by atoms with Crippen molar-refractivity contribution in [3.63, 3.8) is 0 Å². The summed E-state index contributed by atoms with van der Waals surface area (Å²) in [7, 11) is -1.96. The van der Waals surface area contributed by atoms with Crippen molar-refractivity contribution >= 4 is 44.6 Å². The number of rotatable bonds is 12. The molecule has 56 heavy (non-hydrogen) atoms. The number of nitriles is 1. The normalized spacial score (nSPS) is 18.6. The second-order valence-electron chi connectivity index (χ2n) is 14.7. The summed E-state index contributed by atoms with van der Waals surface area (Å²) in [5, 5.41) is 20.9. The minimum atomic E-state index is -3.81. The standard InChI is InChI=1S/C38H44F2N10O5S/c1-24(23-48-12-7-25(8-13-48)26-4-6-32-33(19-26)47(2)46-35(32)50-16-11-34(51)45-38(50)52)17-28-18-31(5-3-27(28)20-41)56(53,54)49-14-9-29(10-15-49)44-37-42-21-30(22-43-37)55-36(39)40/h3-6,18-19,21-22,24-25,29,36H,7-17,23H2,1-2H3,(H,42,43,44)(H,45,51,52)/t24-/m0/s1. The molecule has 2 aromatic carbocycles. The van der Waals surface area contributed by atoms with Gasteiger partial charge in [-0.1, -0.05) is 13.0 Å². The highest BCUT2D eigenvalue weighted by molar-refractivity contribution is 7.89. The van der Waals surface area contributed by atoms with Crippen molar-refractivity contribution in [3.8, 4) is 11.8 Å². The van der Waals surface area contributed by atoms with E-state index in [1.54, 1.807) is 16.8 Å². The summed E-state index contributed by atoms with van der Waals surface area (Å²) >= 11 is 0. The van der Waals surface area contributed by atoms with Gasteiger partial charge in [-0.05, 0) is 98.5 Å². The van der Waals surface area contributed by atoms with Crippen LogP contribution in [-0.4, -0.2) is 101 Å². The number of likely N-dealkylation sites (tertiary alicyclic amines) is 1. The number of amides is 3. The Morgan fingerprint density at radius 1 is 1.02 bits per heavy atom. The zero-order valence-electron chi connectivity index (χ0n) is 31.2. The van der Waals surface area contributed by atoms with Crippen LogP contribution in [0.4, 0.5) is 25.3 Å². The first-order chi connectivity index (χ1) is 26.9. The lowest BCUT2D eigenvalue weighted by molar-refractivity contribution is -0.120. The molecule has 4 aromatic rings. The van der Waals surface area contributed by atoms with E-state index in [0.29, 0.717) is 48.7 Å². The number of sulfonamides is 1. The quantitative estimate of drug-likeness (QED) is 0.205. The molecule has 5 heterocycles. The number of piperidine rings is 2. The average molecular weight is 791 g/mol. The Balaban J connectivity index is 0.923. The van der Waals surface area contributed by atoms with Crippen LogP contribution < -0.4 is 20.3 Å². The molecule has 2 N–H and O–H groups in total. The van der Waals surface area contributed by atoms with Gasteiger partial charge in [-0.2, -0.15) is 23.4 Å². The van der Waals surface area contributed by atoms with Crippen LogP contribution in [0.25, 0.3) is 10.9 Å². The molecule has 0 saturated carbocycles. The van der Waals surface area contributed by atoms with Gasteiger partial charge >= 0.3 is 12.6 Å². The monoisotopic (exact) mass is 790 g/mol. The van der Waals surface area contributed by atoms with Crippen molar-refractivity contribution in [2.24, 2.45) is 13.0 Å². The Hall–Kier alpha value is -5.25. The molecule has 0 unspecified atom stereocenters. The van der Waals surface area contributed by atoms with E-state index < -0.39 is 22.7 Å². The number of carbonyl (C=O) groups excluding carboxylic acids is 2. The van der Waals surface area contributed by atoms with Gasteiger partial charge in [-0.25, -0.2) is 23.2 Å². The number of alkyl halides is 2. The van der Waals surface area contributed by atoms with E-state index >= 15 is 0 Å². The molecule has 2 aromatic heterocycles. The highest BCUT2D eigenvalue weighted by Crippen LogP contribution is 2.34. The number of imide groups is 1. The molecule has 3 amide bonds.